The van der Waals surface area contributed by atoms with Crippen LogP contribution in [0.4, 0.5) is 0 Å². The lowest BCUT2D eigenvalue weighted by Crippen LogP contribution is -2.45. The van der Waals surface area contributed by atoms with Crippen LogP contribution in [-0.2, 0) is 4.79 Å². The highest BCUT2D eigenvalue weighted by Gasteiger charge is 2.26. The Morgan fingerprint density at radius 1 is 1.33 bits per heavy atom. The van der Waals surface area contributed by atoms with E-state index in [0.717, 1.165) is 16.5 Å². The van der Waals surface area contributed by atoms with Crippen LogP contribution in [-0.4, -0.2) is 11.9 Å². The number of hydrogen-bond donors (Lipinski definition) is 2. The number of piperidine rings is 1. The molecule has 0 bridgehead atoms. The molecule has 1 aromatic rings. The van der Waals surface area contributed by atoms with Crippen molar-refractivity contribution >= 4 is 21.8 Å². The standard InChI is InChI=1S/C11H13BrN2O/c12-8-3-1-7(2-4-8)11-9(13)5-6-10(15)14-11/h1-4,9,11H,5-6,13H2,(H,14,15)/t9-,11+/m1/s1. The van der Waals surface area contributed by atoms with Crippen LogP contribution in [0.3, 0.4) is 0 Å². The van der Waals surface area contributed by atoms with Crippen LogP contribution in [0, 0.1) is 0 Å². The second-order valence-electron chi connectivity index (χ2n) is 3.80. The molecular weight excluding hydrogens is 256 g/mol. The molecular formula is C11H13BrN2O. The molecule has 1 fully saturated rings. The SMILES string of the molecule is N[C@@H]1CCC(=O)N[C@H]1c1ccc(Br)cc1. The summed E-state index contributed by atoms with van der Waals surface area (Å²) < 4.78 is 1.03. The van der Waals surface area contributed by atoms with E-state index >= 15 is 0 Å². The molecule has 2 atom stereocenters. The number of nitrogens with one attached hydrogen (secondary N) is 1. The Kier molecular flexibility index (Phi) is 3.07. The molecule has 0 unspecified atom stereocenters. The second kappa shape index (κ2) is 4.33. The van der Waals surface area contributed by atoms with Crippen molar-refractivity contribution in [3.8, 4) is 0 Å². The van der Waals surface area contributed by atoms with E-state index in [0.29, 0.717) is 6.42 Å². The first kappa shape index (κ1) is 10.6. The first-order chi connectivity index (χ1) is 7.16. The average Bonchev–Trinajstić information content (AvgIpc) is 2.23. The summed E-state index contributed by atoms with van der Waals surface area (Å²) in [6.07, 6.45) is 1.29. The van der Waals surface area contributed by atoms with E-state index in [-0.39, 0.29) is 18.0 Å². The molecule has 0 saturated carbocycles. The summed E-state index contributed by atoms with van der Waals surface area (Å²) in [5.41, 5.74) is 7.05. The van der Waals surface area contributed by atoms with Gasteiger partial charge in [-0.3, -0.25) is 4.79 Å². The van der Waals surface area contributed by atoms with Crippen molar-refractivity contribution in [3.63, 3.8) is 0 Å². The third-order valence-corrected chi connectivity index (χ3v) is 3.21. The lowest BCUT2D eigenvalue weighted by Gasteiger charge is -2.29. The highest BCUT2D eigenvalue weighted by molar-refractivity contribution is 9.10. The van der Waals surface area contributed by atoms with Crippen LogP contribution in [0.15, 0.2) is 28.7 Å². The van der Waals surface area contributed by atoms with Gasteiger partial charge in [0.15, 0.2) is 0 Å². The highest BCUT2D eigenvalue weighted by atomic mass is 79.9. The number of rotatable bonds is 1. The maximum Gasteiger partial charge on any atom is 0.220 e. The Hall–Kier alpha value is -0.870. The molecule has 15 heavy (non-hydrogen) atoms. The smallest absolute Gasteiger partial charge is 0.220 e. The summed E-state index contributed by atoms with van der Waals surface area (Å²) in [7, 11) is 0. The molecule has 1 aliphatic heterocycles. The number of hydrogen-bond acceptors (Lipinski definition) is 2. The number of carbonyl (C=O) groups excluding carboxylic acids is 1. The summed E-state index contributed by atoms with van der Waals surface area (Å²) >= 11 is 3.38. The zero-order chi connectivity index (χ0) is 10.8. The summed E-state index contributed by atoms with van der Waals surface area (Å²) in [6, 6.07) is 7.87. The fourth-order valence-electron chi connectivity index (χ4n) is 1.82. The van der Waals surface area contributed by atoms with Crippen LogP contribution < -0.4 is 11.1 Å². The van der Waals surface area contributed by atoms with Gasteiger partial charge in [-0.05, 0) is 24.1 Å². The van der Waals surface area contributed by atoms with Gasteiger partial charge in [0.05, 0.1) is 6.04 Å². The van der Waals surface area contributed by atoms with Gasteiger partial charge in [-0.15, -0.1) is 0 Å². The largest absolute Gasteiger partial charge is 0.348 e. The van der Waals surface area contributed by atoms with Gasteiger partial charge in [-0.25, -0.2) is 0 Å². The van der Waals surface area contributed by atoms with Crippen molar-refractivity contribution in [1.29, 1.82) is 0 Å². The Morgan fingerprint density at radius 3 is 2.67 bits per heavy atom. The minimum atomic E-state index is -0.0423. The quantitative estimate of drug-likeness (QED) is 0.815. The number of halogens is 1. The minimum absolute atomic E-state index is 0.0175. The van der Waals surface area contributed by atoms with Gasteiger partial charge < -0.3 is 11.1 Å². The number of nitrogens with two attached hydrogens (primary N) is 1. The predicted octanol–water partition coefficient (Wildman–Crippen LogP) is 1.73. The van der Waals surface area contributed by atoms with Crippen LogP contribution in [0.25, 0.3) is 0 Å². The highest BCUT2D eigenvalue weighted by Crippen LogP contribution is 2.23. The summed E-state index contributed by atoms with van der Waals surface area (Å²) in [5.74, 6) is 0.0876. The minimum Gasteiger partial charge on any atom is -0.348 e. The fourth-order valence-corrected chi connectivity index (χ4v) is 2.08. The van der Waals surface area contributed by atoms with E-state index in [4.69, 9.17) is 5.73 Å². The predicted molar refractivity (Wildman–Crippen MR) is 62.2 cm³/mol. The molecule has 0 radical (unpaired) electrons. The zero-order valence-electron chi connectivity index (χ0n) is 8.24. The molecule has 3 N–H and O–H groups in total. The van der Waals surface area contributed by atoms with Crippen molar-refractivity contribution in [2.75, 3.05) is 0 Å². The molecule has 2 rings (SSSR count). The fraction of sp³-hybridized carbons (Fsp3) is 0.364. The van der Waals surface area contributed by atoms with Crippen molar-refractivity contribution in [3.05, 3.63) is 34.3 Å². The first-order valence-electron chi connectivity index (χ1n) is 4.97. The number of benzene rings is 1. The van der Waals surface area contributed by atoms with E-state index in [1.54, 1.807) is 0 Å². The second-order valence-corrected chi connectivity index (χ2v) is 4.71. The van der Waals surface area contributed by atoms with Gasteiger partial charge in [0.1, 0.15) is 0 Å². The van der Waals surface area contributed by atoms with Crippen molar-refractivity contribution in [2.45, 2.75) is 24.9 Å². The maximum atomic E-state index is 11.3. The van der Waals surface area contributed by atoms with E-state index < -0.39 is 0 Å². The van der Waals surface area contributed by atoms with E-state index in [9.17, 15) is 4.79 Å². The molecule has 0 spiro atoms. The number of amides is 1. The van der Waals surface area contributed by atoms with Crippen LogP contribution in [0.2, 0.25) is 0 Å². The normalized spacial score (nSPS) is 26.1. The Morgan fingerprint density at radius 2 is 2.00 bits per heavy atom. The molecule has 1 heterocycles. The number of carbonyl (C=O) groups is 1. The lowest BCUT2D eigenvalue weighted by molar-refractivity contribution is -0.123. The summed E-state index contributed by atoms with van der Waals surface area (Å²) in [4.78, 5) is 11.3. The monoisotopic (exact) mass is 268 g/mol. The van der Waals surface area contributed by atoms with Gasteiger partial charge in [-0.1, -0.05) is 28.1 Å². The molecule has 3 nitrogen and oxygen atoms in total. The molecule has 1 aromatic carbocycles. The third-order valence-electron chi connectivity index (χ3n) is 2.68. The molecule has 80 valence electrons. The van der Waals surface area contributed by atoms with Crippen LogP contribution >= 0.6 is 15.9 Å². The molecule has 1 aliphatic rings. The van der Waals surface area contributed by atoms with Gasteiger partial charge in [0, 0.05) is 16.9 Å². The van der Waals surface area contributed by atoms with Crippen LogP contribution in [0.5, 0.6) is 0 Å². The molecule has 0 aromatic heterocycles. The molecule has 1 saturated heterocycles. The van der Waals surface area contributed by atoms with E-state index in [2.05, 4.69) is 21.2 Å². The topological polar surface area (TPSA) is 55.1 Å². The Bertz CT molecular complexity index is 363. The summed E-state index contributed by atoms with van der Waals surface area (Å²) in [6.45, 7) is 0. The van der Waals surface area contributed by atoms with E-state index in [1.165, 1.54) is 0 Å². The van der Waals surface area contributed by atoms with Crippen LogP contribution in [0.1, 0.15) is 24.4 Å². The average molecular weight is 269 g/mol. The zero-order valence-corrected chi connectivity index (χ0v) is 9.83. The first-order valence-corrected chi connectivity index (χ1v) is 5.76. The van der Waals surface area contributed by atoms with Gasteiger partial charge >= 0.3 is 0 Å². The van der Waals surface area contributed by atoms with Gasteiger partial charge in [-0.2, -0.15) is 0 Å². The Labute approximate surface area is 97.2 Å². The van der Waals surface area contributed by atoms with E-state index in [1.807, 2.05) is 24.3 Å². The molecule has 0 aliphatic carbocycles. The molecule has 1 amide bonds. The van der Waals surface area contributed by atoms with Crippen molar-refractivity contribution in [1.82, 2.24) is 5.32 Å². The van der Waals surface area contributed by atoms with Gasteiger partial charge in [0.2, 0.25) is 5.91 Å². The summed E-state index contributed by atoms with van der Waals surface area (Å²) in [5, 5.41) is 2.92. The third kappa shape index (κ3) is 2.38. The van der Waals surface area contributed by atoms with Crippen molar-refractivity contribution < 1.29 is 4.79 Å². The van der Waals surface area contributed by atoms with Crippen molar-refractivity contribution in [2.24, 2.45) is 5.73 Å². The van der Waals surface area contributed by atoms with Gasteiger partial charge in [0.25, 0.3) is 0 Å². The Balaban J connectivity index is 2.21. The maximum absolute atomic E-state index is 11.3. The molecule has 4 heteroatoms. The lowest BCUT2D eigenvalue weighted by atomic mass is 9.93.